The molecule has 94 valence electrons. The fourth-order valence-electron chi connectivity index (χ4n) is 1.89. The van der Waals surface area contributed by atoms with Crippen LogP contribution in [-0.4, -0.2) is 5.78 Å². The van der Waals surface area contributed by atoms with E-state index in [1.165, 1.54) is 0 Å². The summed E-state index contributed by atoms with van der Waals surface area (Å²) >= 11 is 12.0. The van der Waals surface area contributed by atoms with Gasteiger partial charge in [-0.1, -0.05) is 56.0 Å². The van der Waals surface area contributed by atoms with E-state index in [1.807, 2.05) is 6.92 Å². The van der Waals surface area contributed by atoms with E-state index in [4.69, 9.17) is 23.2 Å². The molecule has 1 atom stereocenters. The van der Waals surface area contributed by atoms with Gasteiger partial charge in [-0.3, -0.25) is 4.79 Å². The van der Waals surface area contributed by atoms with Crippen molar-refractivity contribution in [3.05, 3.63) is 33.8 Å². The second kappa shape index (κ2) is 7.03. The monoisotopic (exact) mass is 272 g/mol. The van der Waals surface area contributed by atoms with E-state index in [9.17, 15) is 4.79 Å². The molecule has 0 bridgehead atoms. The quantitative estimate of drug-likeness (QED) is 0.635. The molecule has 3 heteroatoms. The lowest BCUT2D eigenvalue weighted by molar-refractivity contribution is 0.0908. The number of carbonyl (C=O) groups excluding carboxylic acids is 1. The highest BCUT2D eigenvalue weighted by Gasteiger charge is 2.20. The zero-order chi connectivity index (χ0) is 12.8. The van der Waals surface area contributed by atoms with E-state index in [1.54, 1.807) is 18.2 Å². The molecule has 0 amide bonds. The lowest BCUT2D eigenvalue weighted by atomic mass is 9.90. The first kappa shape index (κ1) is 14.5. The molecule has 0 heterocycles. The summed E-state index contributed by atoms with van der Waals surface area (Å²) in [6, 6.07) is 5.23. The lowest BCUT2D eigenvalue weighted by Crippen LogP contribution is -2.14. The van der Waals surface area contributed by atoms with Gasteiger partial charge in [-0.15, -0.1) is 0 Å². The molecule has 1 rings (SSSR count). The van der Waals surface area contributed by atoms with E-state index in [2.05, 4.69) is 6.92 Å². The first-order chi connectivity index (χ1) is 8.11. The molecular formula is C14H18Cl2O. The predicted molar refractivity (Wildman–Crippen MR) is 74.1 cm³/mol. The number of benzene rings is 1. The second-order valence-corrected chi connectivity index (χ2v) is 5.00. The van der Waals surface area contributed by atoms with Crippen molar-refractivity contribution in [1.82, 2.24) is 0 Å². The summed E-state index contributed by atoms with van der Waals surface area (Å²) in [5.74, 6) is 0.180. The Labute approximate surface area is 113 Å². The highest BCUT2D eigenvalue weighted by atomic mass is 35.5. The zero-order valence-electron chi connectivity index (χ0n) is 10.3. The van der Waals surface area contributed by atoms with Gasteiger partial charge in [0.1, 0.15) is 0 Å². The Kier molecular flexibility index (Phi) is 6.01. The van der Waals surface area contributed by atoms with Crippen molar-refractivity contribution in [2.24, 2.45) is 5.92 Å². The summed E-state index contributed by atoms with van der Waals surface area (Å²) in [5, 5.41) is 0.831. The largest absolute Gasteiger partial charge is 0.294 e. The molecule has 0 aliphatic carbocycles. The minimum absolute atomic E-state index is 0.0610. The van der Waals surface area contributed by atoms with Crippen LogP contribution in [0.3, 0.4) is 0 Å². The highest BCUT2D eigenvalue weighted by molar-refractivity contribution is 6.43. The van der Waals surface area contributed by atoms with E-state index >= 15 is 0 Å². The summed E-state index contributed by atoms with van der Waals surface area (Å²) < 4.78 is 0. The molecule has 0 aromatic heterocycles. The van der Waals surface area contributed by atoms with Crippen LogP contribution in [0.5, 0.6) is 0 Å². The average Bonchev–Trinajstić information content (AvgIpc) is 2.33. The Bertz CT molecular complexity index is 388. The maximum Gasteiger partial charge on any atom is 0.167 e. The van der Waals surface area contributed by atoms with Crippen molar-refractivity contribution in [2.45, 2.75) is 39.5 Å². The molecule has 0 fully saturated rings. The summed E-state index contributed by atoms with van der Waals surface area (Å²) in [6.45, 7) is 4.17. The van der Waals surface area contributed by atoms with Gasteiger partial charge in [0.2, 0.25) is 0 Å². The fourth-order valence-corrected chi connectivity index (χ4v) is 2.28. The summed E-state index contributed by atoms with van der Waals surface area (Å²) in [6.07, 6.45) is 3.95. The summed E-state index contributed by atoms with van der Waals surface area (Å²) in [7, 11) is 0. The Morgan fingerprint density at radius 1 is 1.29 bits per heavy atom. The Morgan fingerprint density at radius 2 is 2.00 bits per heavy atom. The maximum atomic E-state index is 12.3. The van der Waals surface area contributed by atoms with Gasteiger partial charge in [-0.05, 0) is 25.0 Å². The van der Waals surface area contributed by atoms with Crippen LogP contribution in [0.4, 0.5) is 0 Å². The Hall–Kier alpha value is -0.530. The molecule has 0 N–H and O–H groups in total. The van der Waals surface area contributed by atoms with Crippen LogP contribution in [0.15, 0.2) is 18.2 Å². The molecule has 0 aliphatic heterocycles. The molecule has 0 saturated heterocycles. The molecule has 1 unspecified atom stereocenters. The van der Waals surface area contributed by atoms with Gasteiger partial charge in [0.05, 0.1) is 10.0 Å². The molecule has 0 saturated carbocycles. The molecular weight excluding hydrogens is 255 g/mol. The first-order valence-corrected chi connectivity index (χ1v) is 6.85. The average molecular weight is 273 g/mol. The van der Waals surface area contributed by atoms with Crippen LogP contribution in [-0.2, 0) is 0 Å². The molecule has 0 spiro atoms. The second-order valence-electron chi connectivity index (χ2n) is 4.21. The number of hydrogen-bond acceptors (Lipinski definition) is 1. The van der Waals surface area contributed by atoms with Gasteiger partial charge in [-0.25, -0.2) is 0 Å². The molecule has 0 aliphatic rings. The van der Waals surface area contributed by atoms with Crippen LogP contribution >= 0.6 is 23.2 Å². The molecule has 1 nitrogen and oxygen atoms in total. The van der Waals surface area contributed by atoms with Gasteiger partial charge >= 0.3 is 0 Å². The SMILES string of the molecule is CCCCC(CC)C(=O)c1cccc(Cl)c1Cl. The normalized spacial score (nSPS) is 12.5. The summed E-state index contributed by atoms with van der Waals surface area (Å²) in [5.41, 5.74) is 0.558. The van der Waals surface area contributed by atoms with Gasteiger partial charge in [-0.2, -0.15) is 0 Å². The first-order valence-electron chi connectivity index (χ1n) is 6.10. The van der Waals surface area contributed by atoms with Gasteiger partial charge < -0.3 is 0 Å². The number of carbonyl (C=O) groups is 1. The number of Topliss-reactive ketones (excluding diaryl/α,β-unsaturated/α-hetero) is 1. The van der Waals surface area contributed by atoms with Crippen molar-refractivity contribution in [3.63, 3.8) is 0 Å². The van der Waals surface area contributed by atoms with E-state index in [0.29, 0.717) is 15.6 Å². The van der Waals surface area contributed by atoms with Gasteiger partial charge in [0.25, 0.3) is 0 Å². The molecule has 0 radical (unpaired) electrons. The zero-order valence-corrected chi connectivity index (χ0v) is 11.8. The van der Waals surface area contributed by atoms with Crippen molar-refractivity contribution < 1.29 is 4.79 Å². The van der Waals surface area contributed by atoms with Crippen molar-refractivity contribution in [2.75, 3.05) is 0 Å². The number of rotatable bonds is 6. The van der Waals surface area contributed by atoms with E-state index in [-0.39, 0.29) is 11.7 Å². The third kappa shape index (κ3) is 3.72. The predicted octanol–water partition coefficient (Wildman–Crippen LogP) is 5.39. The fraction of sp³-hybridized carbons (Fsp3) is 0.500. The van der Waals surface area contributed by atoms with Crippen molar-refractivity contribution in [1.29, 1.82) is 0 Å². The van der Waals surface area contributed by atoms with E-state index in [0.717, 1.165) is 25.7 Å². The lowest BCUT2D eigenvalue weighted by Gasteiger charge is -2.14. The topological polar surface area (TPSA) is 17.1 Å². The standard InChI is InChI=1S/C14H18Cl2O/c1-3-5-7-10(4-2)14(17)11-8-6-9-12(15)13(11)16/h6,8-10H,3-5,7H2,1-2H3. The third-order valence-corrected chi connectivity index (χ3v) is 3.81. The molecule has 1 aromatic carbocycles. The summed E-state index contributed by atoms with van der Waals surface area (Å²) in [4.78, 5) is 12.3. The number of hydrogen-bond donors (Lipinski definition) is 0. The van der Waals surface area contributed by atoms with Gasteiger partial charge in [0.15, 0.2) is 5.78 Å². The number of ketones is 1. The molecule has 17 heavy (non-hydrogen) atoms. The van der Waals surface area contributed by atoms with Crippen molar-refractivity contribution in [3.8, 4) is 0 Å². The third-order valence-electron chi connectivity index (χ3n) is 2.99. The van der Waals surface area contributed by atoms with Crippen LogP contribution in [0.2, 0.25) is 10.0 Å². The van der Waals surface area contributed by atoms with Crippen LogP contribution in [0.25, 0.3) is 0 Å². The maximum absolute atomic E-state index is 12.3. The number of halogens is 2. The van der Waals surface area contributed by atoms with Crippen LogP contribution in [0, 0.1) is 5.92 Å². The minimum atomic E-state index is 0.0610. The Morgan fingerprint density at radius 3 is 2.59 bits per heavy atom. The molecule has 1 aromatic rings. The smallest absolute Gasteiger partial charge is 0.167 e. The van der Waals surface area contributed by atoms with Crippen molar-refractivity contribution >= 4 is 29.0 Å². The minimum Gasteiger partial charge on any atom is -0.294 e. The van der Waals surface area contributed by atoms with Crippen LogP contribution < -0.4 is 0 Å². The van der Waals surface area contributed by atoms with Gasteiger partial charge in [0, 0.05) is 11.5 Å². The highest BCUT2D eigenvalue weighted by Crippen LogP contribution is 2.29. The Balaban J connectivity index is 2.90. The van der Waals surface area contributed by atoms with Crippen LogP contribution in [0.1, 0.15) is 49.9 Å². The number of unbranched alkanes of at least 4 members (excludes halogenated alkanes) is 1. The van der Waals surface area contributed by atoms with E-state index < -0.39 is 0 Å².